The number of ether oxygens (including phenoxy) is 1. The van der Waals surface area contributed by atoms with Gasteiger partial charge in [-0.25, -0.2) is 0 Å². The zero-order chi connectivity index (χ0) is 20.5. The molecule has 0 fully saturated rings. The second-order valence-electron chi connectivity index (χ2n) is 6.29. The molecule has 2 amide bonds. The summed E-state index contributed by atoms with van der Waals surface area (Å²) in [6.45, 7) is 2.75. The summed E-state index contributed by atoms with van der Waals surface area (Å²) < 4.78 is 10.6. The van der Waals surface area contributed by atoms with E-state index in [-0.39, 0.29) is 24.1 Å². The van der Waals surface area contributed by atoms with Crippen LogP contribution >= 0.6 is 0 Å². The third-order valence-electron chi connectivity index (χ3n) is 3.91. The minimum absolute atomic E-state index is 0.0790. The second-order valence-corrected chi connectivity index (χ2v) is 6.29. The van der Waals surface area contributed by atoms with E-state index >= 15 is 0 Å². The molecule has 1 aromatic heterocycles. The summed E-state index contributed by atoms with van der Waals surface area (Å²) >= 11 is 0. The van der Waals surface area contributed by atoms with E-state index in [2.05, 4.69) is 16.0 Å². The molecule has 3 rings (SSSR count). The molecule has 7 heteroatoms. The third kappa shape index (κ3) is 6.14. The lowest BCUT2D eigenvalue weighted by Gasteiger charge is -2.11. The Labute approximate surface area is 169 Å². The Morgan fingerprint density at radius 2 is 1.69 bits per heavy atom. The third-order valence-corrected chi connectivity index (χ3v) is 3.91. The van der Waals surface area contributed by atoms with Crippen molar-refractivity contribution in [2.24, 2.45) is 0 Å². The van der Waals surface area contributed by atoms with Gasteiger partial charge in [0.05, 0.1) is 19.4 Å². The van der Waals surface area contributed by atoms with Crippen LogP contribution in [0.4, 0.5) is 17.1 Å². The van der Waals surface area contributed by atoms with Gasteiger partial charge in [-0.2, -0.15) is 0 Å². The molecule has 0 radical (unpaired) electrons. The number of hydrogen-bond acceptors (Lipinski definition) is 5. The van der Waals surface area contributed by atoms with Crippen LogP contribution in [0.2, 0.25) is 0 Å². The lowest BCUT2D eigenvalue weighted by atomic mass is 10.2. The number of furan rings is 1. The lowest BCUT2D eigenvalue weighted by molar-refractivity contribution is -0.114. The number of nitrogens with one attached hydrogen (secondary N) is 3. The summed E-state index contributed by atoms with van der Waals surface area (Å²) in [7, 11) is 0. The largest absolute Gasteiger partial charge is 0.494 e. The average molecular weight is 393 g/mol. The van der Waals surface area contributed by atoms with Crippen molar-refractivity contribution in [1.82, 2.24) is 0 Å². The number of anilines is 3. The van der Waals surface area contributed by atoms with Gasteiger partial charge in [-0.1, -0.05) is 19.1 Å². The monoisotopic (exact) mass is 393 g/mol. The summed E-state index contributed by atoms with van der Waals surface area (Å²) in [6.07, 6.45) is 2.36. The number of hydrogen-bond donors (Lipinski definition) is 3. The van der Waals surface area contributed by atoms with Crippen molar-refractivity contribution in [3.8, 4) is 5.75 Å². The number of amides is 2. The van der Waals surface area contributed by atoms with Crippen molar-refractivity contribution in [3.05, 3.63) is 72.7 Å². The maximum absolute atomic E-state index is 12.2. The maximum atomic E-state index is 12.2. The van der Waals surface area contributed by atoms with E-state index in [1.165, 1.54) is 6.26 Å². The Morgan fingerprint density at radius 1 is 0.931 bits per heavy atom. The highest BCUT2D eigenvalue weighted by molar-refractivity contribution is 6.02. The standard InChI is InChI=1S/C22H23N3O4/c1-2-11-28-19-9-4-8-18(14-19)24-21(26)15-23-16-6-3-7-17(13-16)25-22(27)20-10-5-12-29-20/h3-10,12-14,23H,2,11,15H2,1H3,(H,24,26)(H,25,27). The highest BCUT2D eigenvalue weighted by Crippen LogP contribution is 2.18. The molecule has 0 aliphatic heterocycles. The molecule has 29 heavy (non-hydrogen) atoms. The highest BCUT2D eigenvalue weighted by Gasteiger charge is 2.09. The van der Waals surface area contributed by atoms with Crippen LogP contribution < -0.4 is 20.7 Å². The van der Waals surface area contributed by atoms with Gasteiger partial charge < -0.3 is 25.1 Å². The molecule has 0 spiro atoms. The molecule has 0 saturated carbocycles. The Kier molecular flexibility index (Phi) is 6.89. The van der Waals surface area contributed by atoms with Gasteiger partial charge in [-0.15, -0.1) is 0 Å². The van der Waals surface area contributed by atoms with Gasteiger partial charge in [0.15, 0.2) is 5.76 Å². The molecule has 0 unspecified atom stereocenters. The molecule has 3 aromatic rings. The molecule has 7 nitrogen and oxygen atoms in total. The molecule has 1 heterocycles. The van der Waals surface area contributed by atoms with Crippen LogP contribution in [0.1, 0.15) is 23.9 Å². The predicted octanol–water partition coefficient (Wildman–Crippen LogP) is 4.37. The minimum atomic E-state index is -0.338. The van der Waals surface area contributed by atoms with Gasteiger partial charge in [0.25, 0.3) is 5.91 Å². The van der Waals surface area contributed by atoms with E-state index in [9.17, 15) is 9.59 Å². The van der Waals surface area contributed by atoms with E-state index in [1.807, 2.05) is 31.2 Å². The predicted molar refractivity (Wildman–Crippen MR) is 112 cm³/mol. The zero-order valence-electron chi connectivity index (χ0n) is 16.1. The topological polar surface area (TPSA) is 92.6 Å². The van der Waals surface area contributed by atoms with Crippen LogP contribution in [0.25, 0.3) is 0 Å². The zero-order valence-corrected chi connectivity index (χ0v) is 16.1. The molecule has 0 atom stereocenters. The first-order valence-corrected chi connectivity index (χ1v) is 9.35. The molecule has 150 valence electrons. The van der Waals surface area contributed by atoms with Gasteiger partial charge in [-0.05, 0) is 48.9 Å². The van der Waals surface area contributed by atoms with E-state index in [0.29, 0.717) is 23.7 Å². The smallest absolute Gasteiger partial charge is 0.291 e. The van der Waals surface area contributed by atoms with Gasteiger partial charge in [0, 0.05) is 23.1 Å². The summed E-state index contributed by atoms with van der Waals surface area (Å²) in [5.74, 6) is 0.420. The summed E-state index contributed by atoms with van der Waals surface area (Å²) in [5, 5.41) is 8.62. The van der Waals surface area contributed by atoms with Crippen molar-refractivity contribution in [1.29, 1.82) is 0 Å². The Balaban J connectivity index is 1.52. The van der Waals surface area contributed by atoms with Crippen molar-refractivity contribution in [2.75, 3.05) is 29.1 Å². The number of carbonyl (C=O) groups excluding carboxylic acids is 2. The minimum Gasteiger partial charge on any atom is -0.494 e. The van der Waals surface area contributed by atoms with E-state index in [4.69, 9.17) is 9.15 Å². The van der Waals surface area contributed by atoms with Crippen LogP contribution in [0.15, 0.2) is 71.3 Å². The molecule has 3 N–H and O–H groups in total. The normalized spacial score (nSPS) is 10.2. The van der Waals surface area contributed by atoms with Crippen molar-refractivity contribution in [3.63, 3.8) is 0 Å². The fraction of sp³-hybridized carbons (Fsp3) is 0.182. The van der Waals surface area contributed by atoms with E-state index in [0.717, 1.165) is 12.2 Å². The van der Waals surface area contributed by atoms with Crippen LogP contribution in [0.3, 0.4) is 0 Å². The number of carbonyl (C=O) groups is 2. The first-order chi connectivity index (χ1) is 14.1. The van der Waals surface area contributed by atoms with Gasteiger partial charge in [-0.3, -0.25) is 9.59 Å². The van der Waals surface area contributed by atoms with Gasteiger partial charge >= 0.3 is 0 Å². The van der Waals surface area contributed by atoms with Crippen LogP contribution in [-0.2, 0) is 4.79 Å². The molecule has 2 aromatic carbocycles. The average Bonchev–Trinajstić information content (AvgIpc) is 3.26. The van der Waals surface area contributed by atoms with Crippen molar-refractivity contribution >= 4 is 28.9 Å². The lowest BCUT2D eigenvalue weighted by Crippen LogP contribution is -2.21. The second kappa shape index (κ2) is 9.98. The highest BCUT2D eigenvalue weighted by atomic mass is 16.5. The van der Waals surface area contributed by atoms with Gasteiger partial charge in [0.1, 0.15) is 5.75 Å². The van der Waals surface area contributed by atoms with Crippen molar-refractivity contribution < 1.29 is 18.7 Å². The quantitative estimate of drug-likeness (QED) is 0.502. The molecular formula is C22H23N3O4. The Hall–Kier alpha value is -3.74. The number of rotatable bonds is 9. The van der Waals surface area contributed by atoms with Crippen LogP contribution in [0, 0.1) is 0 Å². The molecule has 0 aliphatic carbocycles. The van der Waals surface area contributed by atoms with Crippen molar-refractivity contribution in [2.45, 2.75) is 13.3 Å². The SMILES string of the molecule is CCCOc1cccc(NC(=O)CNc2cccc(NC(=O)c3ccco3)c2)c1. The Bertz CT molecular complexity index is 954. The fourth-order valence-electron chi connectivity index (χ4n) is 2.58. The van der Waals surface area contributed by atoms with E-state index in [1.54, 1.807) is 36.4 Å². The summed E-state index contributed by atoms with van der Waals surface area (Å²) in [4.78, 5) is 24.3. The Morgan fingerprint density at radius 3 is 2.45 bits per heavy atom. The summed E-state index contributed by atoms with van der Waals surface area (Å²) in [6, 6.07) is 17.6. The fourth-order valence-corrected chi connectivity index (χ4v) is 2.58. The molecule has 0 bridgehead atoms. The van der Waals surface area contributed by atoms with E-state index < -0.39 is 0 Å². The molecule has 0 aliphatic rings. The molecule has 0 saturated heterocycles. The van der Waals surface area contributed by atoms with Crippen LogP contribution in [0.5, 0.6) is 5.75 Å². The number of benzene rings is 2. The maximum Gasteiger partial charge on any atom is 0.291 e. The first-order valence-electron chi connectivity index (χ1n) is 9.35. The first kappa shape index (κ1) is 20.0. The summed E-state index contributed by atoms with van der Waals surface area (Å²) in [5.41, 5.74) is 1.97. The molecular weight excluding hydrogens is 370 g/mol. The van der Waals surface area contributed by atoms with Crippen LogP contribution in [-0.4, -0.2) is 25.0 Å². The van der Waals surface area contributed by atoms with Gasteiger partial charge in [0.2, 0.25) is 5.91 Å².